The van der Waals surface area contributed by atoms with E-state index in [2.05, 4.69) is 9.89 Å². The fourth-order valence-electron chi connectivity index (χ4n) is 1.92. The monoisotopic (exact) mass is 299 g/mol. The largest absolute Gasteiger partial charge is 0.343 e. The second kappa shape index (κ2) is 5.83. The van der Waals surface area contributed by atoms with Gasteiger partial charge in [0.05, 0.1) is 6.04 Å². The fraction of sp³-hybridized carbons (Fsp3) is 0.333. The Hall–Kier alpha value is -0.890. The molecule has 0 amide bonds. The Labute approximate surface area is 120 Å². The molecule has 94 valence electrons. The van der Waals surface area contributed by atoms with Crippen molar-refractivity contribution in [3.8, 4) is 6.19 Å². The van der Waals surface area contributed by atoms with Gasteiger partial charge in [0.1, 0.15) is 0 Å². The first kappa shape index (κ1) is 13.5. The zero-order valence-corrected chi connectivity index (χ0v) is 12.1. The van der Waals surface area contributed by atoms with Crippen LogP contribution >= 0.6 is 35.0 Å². The van der Waals surface area contributed by atoms with E-state index in [4.69, 9.17) is 28.5 Å². The Morgan fingerprint density at radius 3 is 2.94 bits per heavy atom. The molecule has 1 fully saturated rings. The van der Waals surface area contributed by atoms with Gasteiger partial charge in [0.2, 0.25) is 6.19 Å². The van der Waals surface area contributed by atoms with E-state index >= 15 is 0 Å². The number of halogens is 2. The van der Waals surface area contributed by atoms with Crippen molar-refractivity contribution in [2.24, 2.45) is 4.99 Å². The minimum Gasteiger partial charge on any atom is -0.343 e. The number of benzene rings is 1. The molecule has 1 atom stereocenters. The van der Waals surface area contributed by atoms with Crippen molar-refractivity contribution in [3.05, 3.63) is 33.8 Å². The molecule has 2 rings (SSSR count). The van der Waals surface area contributed by atoms with Crippen molar-refractivity contribution in [1.29, 1.82) is 5.26 Å². The maximum atomic E-state index is 8.67. The van der Waals surface area contributed by atoms with Crippen LogP contribution in [0.2, 0.25) is 10.0 Å². The first-order chi connectivity index (χ1) is 8.63. The highest BCUT2D eigenvalue weighted by molar-refractivity contribution is 8.14. The van der Waals surface area contributed by atoms with Gasteiger partial charge in [-0.25, -0.2) is 0 Å². The molecule has 0 spiro atoms. The summed E-state index contributed by atoms with van der Waals surface area (Å²) in [5, 5.41) is 10.7. The molecule has 0 N–H and O–H groups in total. The molecule has 0 saturated carbocycles. The molecule has 1 aromatic carbocycles. The third kappa shape index (κ3) is 2.74. The summed E-state index contributed by atoms with van der Waals surface area (Å²) in [6.45, 7) is 2.92. The maximum absolute atomic E-state index is 8.67. The minimum atomic E-state index is 0.0804. The van der Waals surface area contributed by atoms with Gasteiger partial charge in [0.15, 0.2) is 5.17 Å². The lowest BCUT2D eigenvalue weighted by molar-refractivity contribution is 0.370. The standard InChI is InChI=1S/C12H11Cl2N3S/c1-8(10-3-2-9(13)6-11(10)14)17-4-5-18-12(17)16-7-15/h2-3,6,8H,4-5H2,1H3. The molecule has 1 unspecified atom stereocenters. The van der Waals surface area contributed by atoms with Gasteiger partial charge in [0.25, 0.3) is 0 Å². The highest BCUT2D eigenvalue weighted by Crippen LogP contribution is 2.33. The SMILES string of the molecule is CC(c1ccc(Cl)cc1Cl)N1CCSC1=NC#N. The van der Waals surface area contributed by atoms with Crippen molar-refractivity contribution in [1.82, 2.24) is 4.90 Å². The van der Waals surface area contributed by atoms with Crippen LogP contribution in [-0.2, 0) is 0 Å². The molecular weight excluding hydrogens is 289 g/mol. The first-order valence-electron chi connectivity index (χ1n) is 5.44. The van der Waals surface area contributed by atoms with E-state index in [9.17, 15) is 0 Å². The summed E-state index contributed by atoms with van der Waals surface area (Å²) >= 11 is 13.7. The van der Waals surface area contributed by atoms with E-state index in [-0.39, 0.29) is 6.04 Å². The summed E-state index contributed by atoms with van der Waals surface area (Å²) in [5.74, 6) is 0.941. The van der Waals surface area contributed by atoms with Gasteiger partial charge in [-0.1, -0.05) is 41.0 Å². The number of nitriles is 1. The fourth-order valence-corrected chi connectivity index (χ4v) is 3.48. The second-order valence-electron chi connectivity index (χ2n) is 3.88. The van der Waals surface area contributed by atoms with Gasteiger partial charge >= 0.3 is 0 Å². The second-order valence-corrected chi connectivity index (χ2v) is 5.78. The third-order valence-corrected chi connectivity index (χ3v) is 4.37. The predicted molar refractivity (Wildman–Crippen MR) is 77.1 cm³/mol. The summed E-state index contributed by atoms with van der Waals surface area (Å²) < 4.78 is 0. The van der Waals surface area contributed by atoms with Crippen LogP contribution in [0.15, 0.2) is 23.2 Å². The van der Waals surface area contributed by atoms with E-state index < -0.39 is 0 Å². The molecule has 1 aliphatic rings. The van der Waals surface area contributed by atoms with E-state index in [0.29, 0.717) is 10.0 Å². The van der Waals surface area contributed by atoms with Crippen LogP contribution in [0.25, 0.3) is 0 Å². The Bertz CT molecular complexity index is 525. The van der Waals surface area contributed by atoms with E-state index in [1.807, 2.05) is 25.2 Å². The number of thioether (sulfide) groups is 1. The van der Waals surface area contributed by atoms with Crippen LogP contribution in [-0.4, -0.2) is 22.4 Å². The smallest absolute Gasteiger partial charge is 0.208 e. The van der Waals surface area contributed by atoms with Crippen LogP contribution in [0.1, 0.15) is 18.5 Å². The quantitative estimate of drug-likeness (QED) is 0.777. The summed E-state index contributed by atoms with van der Waals surface area (Å²) in [6.07, 6.45) is 1.84. The van der Waals surface area contributed by atoms with E-state index in [0.717, 1.165) is 23.0 Å². The summed E-state index contributed by atoms with van der Waals surface area (Å²) in [7, 11) is 0. The molecule has 18 heavy (non-hydrogen) atoms. The normalized spacial score (nSPS) is 19.0. The van der Waals surface area contributed by atoms with Gasteiger partial charge in [0, 0.05) is 22.3 Å². The zero-order chi connectivity index (χ0) is 13.1. The van der Waals surface area contributed by atoms with Gasteiger partial charge in [-0.15, -0.1) is 4.99 Å². The summed E-state index contributed by atoms with van der Waals surface area (Å²) in [4.78, 5) is 5.93. The Morgan fingerprint density at radius 1 is 1.50 bits per heavy atom. The predicted octanol–water partition coefficient (Wildman–Crippen LogP) is 3.94. The topological polar surface area (TPSA) is 39.4 Å². The number of rotatable bonds is 2. The van der Waals surface area contributed by atoms with Gasteiger partial charge < -0.3 is 4.90 Å². The summed E-state index contributed by atoms with van der Waals surface area (Å²) in [6, 6.07) is 5.56. The minimum absolute atomic E-state index is 0.0804. The maximum Gasteiger partial charge on any atom is 0.208 e. The molecule has 1 saturated heterocycles. The highest BCUT2D eigenvalue weighted by Gasteiger charge is 2.26. The van der Waals surface area contributed by atoms with Crippen molar-refractivity contribution in [3.63, 3.8) is 0 Å². The van der Waals surface area contributed by atoms with Crippen LogP contribution in [0.4, 0.5) is 0 Å². The van der Waals surface area contributed by atoms with Crippen LogP contribution in [0.3, 0.4) is 0 Å². The highest BCUT2D eigenvalue weighted by atomic mass is 35.5. The molecule has 1 heterocycles. The zero-order valence-electron chi connectivity index (χ0n) is 9.73. The van der Waals surface area contributed by atoms with Crippen LogP contribution in [0.5, 0.6) is 0 Å². The van der Waals surface area contributed by atoms with Crippen LogP contribution in [0, 0.1) is 11.5 Å². The number of hydrogen-bond donors (Lipinski definition) is 0. The van der Waals surface area contributed by atoms with Crippen molar-refractivity contribution in [2.75, 3.05) is 12.3 Å². The van der Waals surface area contributed by atoms with Crippen LogP contribution < -0.4 is 0 Å². The lowest BCUT2D eigenvalue weighted by Crippen LogP contribution is -2.27. The molecule has 6 heteroatoms. The Balaban J connectivity index is 2.28. The van der Waals surface area contributed by atoms with Gasteiger partial charge in [-0.3, -0.25) is 0 Å². The van der Waals surface area contributed by atoms with Crippen molar-refractivity contribution in [2.45, 2.75) is 13.0 Å². The molecule has 1 aromatic rings. The lowest BCUT2D eigenvalue weighted by atomic mass is 10.1. The number of nitrogens with zero attached hydrogens (tertiary/aromatic N) is 3. The van der Waals surface area contributed by atoms with Crippen molar-refractivity contribution < 1.29 is 0 Å². The summed E-state index contributed by atoms with van der Waals surface area (Å²) in [5.41, 5.74) is 0.995. The first-order valence-corrected chi connectivity index (χ1v) is 7.19. The van der Waals surface area contributed by atoms with Gasteiger partial charge in [-0.05, 0) is 24.6 Å². The molecule has 0 bridgehead atoms. The molecule has 0 radical (unpaired) electrons. The molecular formula is C12H11Cl2N3S. The Morgan fingerprint density at radius 2 is 2.28 bits per heavy atom. The van der Waals surface area contributed by atoms with Crippen molar-refractivity contribution >= 4 is 40.1 Å². The lowest BCUT2D eigenvalue weighted by Gasteiger charge is -2.26. The number of aliphatic imine (C=N–C) groups is 1. The molecule has 0 aromatic heterocycles. The number of hydrogen-bond acceptors (Lipinski definition) is 3. The Kier molecular flexibility index (Phi) is 4.39. The number of amidine groups is 1. The van der Waals surface area contributed by atoms with E-state index in [1.165, 1.54) is 0 Å². The molecule has 0 aliphatic carbocycles. The van der Waals surface area contributed by atoms with E-state index in [1.54, 1.807) is 17.8 Å². The molecule has 3 nitrogen and oxygen atoms in total. The van der Waals surface area contributed by atoms with Gasteiger partial charge in [-0.2, -0.15) is 5.26 Å². The average molecular weight is 300 g/mol. The average Bonchev–Trinajstić information content (AvgIpc) is 2.77. The molecule has 1 aliphatic heterocycles. The third-order valence-electron chi connectivity index (χ3n) is 2.83.